The van der Waals surface area contributed by atoms with Gasteiger partial charge in [-0.1, -0.05) is 6.07 Å². The van der Waals surface area contributed by atoms with Gasteiger partial charge < -0.3 is 14.4 Å². The molecular weight excluding hydrogens is 251 g/mol. The number of hydrogen-bond donors (Lipinski definition) is 1. The summed E-state index contributed by atoms with van der Waals surface area (Å²) in [7, 11) is -0.391. The number of hydrogen-bond acceptors (Lipinski definition) is 3. The van der Waals surface area contributed by atoms with Gasteiger partial charge in [0.05, 0.1) is 11.2 Å². The number of aromatic hydroxyl groups is 1. The highest BCUT2D eigenvalue weighted by atomic mass is 16.7. The normalized spacial score (nSPS) is 23.7. The van der Waals surface area contributed by atoms with Crippen molar-refractivity contribution in [3.63, 3.8) is 0 Å². The van der Waals surface area contributed by atoms with Gasteiger partial charge in [0.15, 0.2) is 0 Å². The molecule has 4 heteroatoms. The van der Waals surface area contributed by atoms with E-state index in [0.717, 1.165) is 30.3 Å². The van der Waals surface area contributed by atoms with Crippen molar-refractivity contribution in [1.82, 2.24) is 0 Å². The molecule has 1 aliphatic carbocycles. The first-order chi connectivity index (χ1) is 9.30. The van der Waals surface area contributed by atoms with Crippen LogP contribution < -0.4 is 5.46 Å². The molecule has 1 N–H and O–H groups in total. The summed E-state index contributed by atoms with van der Waals surface area (Å²) in [6.07, 6.45) is 4.37. The van der Waals surface area contributed by atoms with Crippen LogP contribution in [0.5, 0.6) is 5.75 Å². The van der Waals surface area contributed by atoms with Crippen molar-refractivity contribution in [3.05, 3.63) is 23.3 Å². The lowest BCUT2D eigenvalue weighted by atomic mass is 9.75. The van der Waals surface area contributed by atoms with E-state index in [2.05, 4.69) is 6.07 Å². The second-order valence-electron chi connectivity index (χ2n) is 6.97. The van der Waals surface area contributed by atoms with E-state index in [1.807, 2.05) is 33.8 Å². The number of aryl methyl sites for hydroxylation is 1. The molecule has 1 saturated heterocycles. The number of phenols is 1. The van der Waals surface area contributed by atoms with Crippen molar-refractivity contribution in [2.75, 3.05) is 0 Å². The summed E-state index contributed by atoms with van der Waals surface area (Å²) < 4.78 is 12.1. The first-order valence-electron chi connectivity index (χ1n) is 7.50. The van der Waals surface area contributed by atoms with Gasteiger partial charge in [0.1, 0.15) is 5.75 Å². The van der Waals surface area contributed by atoms with Gasteiger partial charge in [-0.3, -0.25) is 0 Å². The third-order valence-electron chi connectivity index (χ3n) is 4.99. The standard InChI is InChI=1S/C16H23BO3/c1-15(2)16(3,4)20-17(19-15)12-9-11-7-5-6-8-13(11)14(18)10-12/h9-10,18H,5-8H2,1-4H3. The van der Waals surface area contributed by atoms with Crippen LogP contribution in [0.1, 0.15) is 51.7 Å². The van der Waals surface area contributed by atoms with Crippen molar-refractivity contribution in [3.8, 4) is 5.75 Å². The summed E-state index contributed by atoms with van der Waals surface area (Å²) in [6, 6.07) is 3.96. The Morgan fingerprint density at radius 3 is 2.25 bits per heavy atom. The fourth-order valence-electron chi connectivity index (χ4n) is 2.98. The topological polar surface area (TPSA) is 38.7 Å². The maximum Gasteiger partial charge on any atom is 0.494 e. The van der Waals surface area contributed by atoms with Crippen LogP contribution in [0.25, 0.3) is 0 Å². The van der Waals surface area contributed by atoms with Crippen molar-refractivity contribution in [1.29, 1.82) is 0 Å². The van der Waals surface area contributed by atoms with Crippen molar-refractivity contribution < 1.29 is 14.4 Å². The number of benzene rings is 1. The molecule has 0 unspecified atom stereocenters. The molecule has 0 aromatic heterocycles. The molecule has 3 nitrogen and oxygen atoms in total. The van der Waals surface area contributed by atoms with Crippen LogP contribution in [-0.4, -0.2) is 23.4 Å². The Kier molecular flexibility index (Phi) is 3.14. The molecule has 0 bridgehead atoms. The van der Waals surface area contributed by atoms with Gasteiger partial charge in [-0.15, -0.1) is 0 Å². The van der Waals surface area contributed by atoms with Crippen molar-refractivity contribution in [2.45, 2.75) is 64.6 Å². The molecule has 20 heavy (non-hydrogen) atoms. The second kappa shape index (κ2) is 4.50. The van der Waals surface area contributed by atoms with Crippen molar-refractivity contribution in [2.24, 2.45) is 0 Å². The van der Waals surface area contributed by atoms with E-state index in [9.17, 15) is 5.11 Å². The molecule has 108 valence electrons. The average molecular weight is 274 g/mol. The SMILES string of the molecule is CC1(C)OB(c2cc(O)c3c(c2)CCCC3)OC1(C)C. The molecule has 2 aliphatic rings. The molecule has 0 radical (unpaired) electrons. The number of rotatable bonds is 1. The molecule has 0 amide bonds. The van der Waals surface area contributed by atoms with E-state index in [0.29, 0.717) is 5.75 Å². The molecule has 0 spiro atoms. The van der Waals surface area contributed by atoms with Crippen LogP contribution in [0.4, 0.5) is 0 Å². The largest absolute Gasteiger partial charge is 0.508 e. The van der Waals surface area contributed by atoms with E-state index in [1.54, 1.807) is 0 Å². The van der Waals surface area contributed by atoms with Crippen LogP contribution in [0.15, 0.2) is 12.1 Å². The Labute approximate surface area is 121 Å². The van der Waals surface area contributed by atoms with Gasteiger partial charge in [0.25, 0.3) is 0 Å². The summed E-state index contributed by atoms with van der Waals surface area (Å²) >= 11 is 0. The first kappa shape index (κ1) is 14.0. The predicted octanol–water partition coefficient (Wildman–Crippen LogP) is 2.57. The summed E-state index contributed by atoms with van der Waals surface area (Å²) in [5.41, 5.74) is 2.60. The fraction of sp³-hybridized carbons (Fsp3) is 0.625. The molecule has 1 aliphatic heterocycles. The molecule has 0 atom stereocenters. The Morgan fingerprint density at radius 2 is 1.60 bits per heavy atom. The van der Waals surface area contributed by atoms with Crippen LogP contribution in [0, 0.1) is 0 Å². The zero-order chi connectivity index (χ0) is 14.5. The van der Waals surface area contributed by atoms with Crippen LogP contribution >= 0.6 is 0 Å². The van der Waals surface area contributed by atoms with E-state index in [-0.39, 0.29) is 11.2 Å². The minimum Gasteiger partial charge on any atom is -0.508 e. The third kappa shape index (κ3) is 2.15. The minimum atomic E-state index is -0.391. The highest BCUT2D eigenvalue weighted by Gasteiger charge is 2.51. The zero-order valence-corrected chi connectivity index (χ0v) is 12.8. The lowest BCUT2D eigenvalue weighted by molar-refractivity contribution is 0.00578. The summed E-state index contributed by atoms with van der Waals surface area (Å²) in [5, 5.41) is 10.2. The molecule has 1 aromatic carbocycles. The maximum atomic E-state index is 10.2. The van der Waals surface area contributed by atoms with Gasteiger partial charge in [0.2, 0.25) is 0 Å². The highest BCUT2D eigenvalue weighted by molar-refractivity contribution is 6.62. The average Bonchev–Trinajstić information content (AvgIpc) is 2.58. The monoisotopic (exact) mass is 274 g/mol. The lowest BCUT2D eigenvalue weighted by Crippen LogP contribution is -2.41. The minimum absolute atomic E-state index is 0.344. The van der Waals surface area contributed by atoms with E-state index in [4.69, 9.17) is 9.31 Å². The summed E-state index contributed by atoms with van der Waals surface area (Å²) in [4.78, 5) is 0. The summed E-state index contributed by atoms with van der Waals surface area (Å²) in [5.74, 6) is 0.395. The second-order valence-corrected chi connectivity index (χ2v) is 6.97. The molecule has 1 heterocycles. The zero-order valence-electron chi connectivity index (χ0n) is 12.8. The Hall–Kier alpha value is -0.995. The number of fused-ring (bicyclic) bond motifs is 1. The highest BCUT2D eigenvalue weighted by Crippen LogP contribution is 2.37. The first-order valence-corrected chi connectivity index (χ1v) is 7.50. The Balaban J connectivity index is 1.94. The fourth-order valence-corrected chi connectivity index (χ4v) is 2.98. The molecule has 1 aromatic rings. The van der Waals surface area contributed by atoms with Crippen molar-refractivity contribution >= 4 is 12.6 Å². The van der Waals surface area contributed by atoms with Crippen LogP contribution in [0.3, 0.4) is 0 Å². The van der Waals surface area contributed by atoms with Gasteiger partial charge in [-0.2, -0.15) is 0 Å². The molecule has 3 rings (SSSR count). The number of phenolic OH excluding ortho intramolecular Hbond substituents is 1. The Morgan fingerprint density at radius 1 is 1.00 bits per heavy atom. The van der Waals surface area contributed by atoms with Crippen LogP contribution in [-0.2, 0) is 22.2 Å². The van der Waals surface area contributed by atoms with E-state index < -0.39 is 7.12 Å². The molecular formula is C16H23BO3. The lowest BCUT2D eigenvalue weighted by Gasteiger charge is -2.32. The van der Waals surface area contributed by atoms with Gasteiger partial charge >= 0.3 is 7.12 Å². The van der Waals surface area contributed by atoms with Gasteiger partial charge in [-0.25, -0.2) is 0 Å². The third-order valence-corrected chi connectivity index (χ3v) is 4.99. The quantitative estimate of drug-likeness (QED) is 0.800. The molecule has 0 saturated carbocycles. The van der Waals surface area contributed by atoms with E-state index >= 15 is 0 Å². The predicted molar refractivity (Wildman–Crippen MR) is 80.5 cm³/mol. The van der Waals surface area contributed by atoms with E-state index in [1.165, 1.54) is 12.0 Å². The smallest absolute Gasteiger partial charge is 0.494 e. The summed E-state index contributed by atoms with van der Waals surface area (Å²) in [6.45, 7) is 8.19. The molecule has 1 fully saturated rings. The maximum absolute atomic E-state index is 10.2. The Bertz CT molecular complexity index is 521. The van der Waals surface area contributed by atoms with Gasteiger partial charge in [0, 0.05) is 0 Å². The van der Waals surface area contributed by atoms with Gasteiger partial charge in [-0.05, 0) is 76.0 Å². The van der Waals surface area contributed by atoms with Crippen LogP contribution in [0.2, 0.25) is 0 Å².